The molecule has 1 rings (SSSR count). The lowest BCUT2D eigenvalue weighted by Crippen LogP contribution is -2.11. The molecule has 0 bridgehead atoms. The van der Waals surface area contributed by atoms with Crippen LogP contribution >= 0.6 is 0 Å². The third-order valence-corrected chi connectivity index (χ3v) is 2.53. The number of ether oxygens (including phenoxy) is 2. The fraction of sp³-hybridized carbons (Fsp3) is 0.467. The molecule has 0 radical (unpaired) electrons. The zero-order chi connectivity index (χ0) is 14.3. The molecule has 4 heteroatoms. The Labute approximate surface area is 113 Å². The van der Waals surface area contributed by atoms with Gasteiger partial charge < -0.3 is 9.47 Å². The molecule has 19 heavy (non-hydrogen) atoms. The maximum Gasteiger partial charge on any atom is 0.308 e. The third-order valence-electron chi connectivity index (χ3n) is 2.53. The highest BCUT2D eigenvalue weighted by molar-refractivity contribution is 5.71. The minimum absolute atomic E-state index is 0.131. The van der Waals surface area contributed by atoms with Crippen LogP contribution in [0.15, 0.2) is 24.3 Å². The zero-order valence-corrected chi connectivity index (χ0v) is 11.6. The van der Waals surface area contributed by atoms with Crippen LogP contribution in [0.1, 0.15) is 38.3 Å². The number of benzene rings is 1. The van der Waals surface area contributed by atoms with E-state index >= 15 is 0 Å². The van der Waals surface area contributed by atoms with Gasteiger partial charge in [0.25, 0.3) is 0 Å². The summed E-state index contributed by atoms with van der Waals surface area (Å²) >= 11 is 0. The van der Waals surface area contributed by atoms with Gasteiger partial charge in [-0.15, -0.1) is 0 Å². The van der Waals surface area contributed by atoms with Crippen molar-refractivity contribution in [3.8, 4) is 0 Å². The van der Waals surface area contributed by atoms with Crippen LogP contribution in [0, 0.1) is 5.92 Å². The molecule has 0 N–H and O–H groups in total. The van der Waals surface area contributed by atoms with E-state index in [1.807, 2.05) is 24.3 Å². The minimum atomic E-state index is -0.225. The van der Waals surface area contributed by atoms with Crippen molar-refractivity contribution >= 4 is 11.9 Å². The molecule has 104 valence electrons. The molecule has 0 aromatic heterocycles. The summed E-state index contributed by atoms with van der Waals surface area (Å²) in [6.45, 7) is 5.83. The van der Waals surface area contributed by atoms with E-state index in [1.54, 1.807) is 20.8 Å². The quantitative estimate of drug-likeness (QED) is 0.741. The van der Waals surface area contributed by atoms with Crippen molar-refractivity contribution in [1.29, 1.82) is 0 Å². The van der Waals surface area contributed by atoms with Gasteiger partial charge in [-0.05, 0) is 17.2 Å². The Bertz CT molecular complexity index is 438. The Hall–Kier alpha value is -1.84. The molecule has 4 nitrogen and oxygen atoms in total. The van der Waals surface area contributed by atoms with Gasteiger partial charge in [0.2, 0.25) is 0 Å². The summed E-state index contributed by atoms with van der Waals surface area (Å²) in [6, 6.07) is 7.47. The van der Waals surface area contributed by atoms with E-state index in [0.29, 0.717) is 6.42 Å². The first-order valence-electron chi connectivity index (χ1n) is 6.43. The maximum atomic E-state index is 11.4. The van der Waals surface area contributed by atoms with Crippen LogP contribution in [0.5, 0.6) is 0 Å². The Morgan fingerprint density at radius 3 is 2.21 bits per heavy atom. The van der Waals surface area contributed by atoms with Crippen molar-refractivity contribution in [1.82, 2.24) is 0 Å². The predicted octanol–water partition coefficient (Wildman–Crippen LogP) is 2.84. The summed E-state index contributed by atoms with van der Waals surface area (Å²) in [6.07, 6.45) is 0.367. The van der Waals surface area contributed by atoms with E-state index in [4.69, 9.17) is 9.47 Å². The molecular weight excluding hydrogens is 244 g/mol. The lowest BCUT2D eigenvalue weighted by molar-refractivity contribution is -0.148. The molecule has 0 fully saturated rings. The van der Waals surface area contributed by atoms with Gasteiger partial charge in [-0.3, -0.25) is 9.59 Å². The fourth-order valence-electron chi connectivity index (χ4n) is 1.40. The molecule has 0 saturated carbocycles. The van der Waals surface area contributed by atoms with Gasteiger partial charge in [0.1, 0.15) is 13.2 Å². The van der Waals surface area contributed by atoms with Crippen molar-refractivity contribution in [2.24, 2.45) is 5.92 Å². The molecule has 0 aliphatic rings. The number of carbonyl (C=O) groups excluding carboxylic acids is 2. The first kappa shape index (κ1) is 15.2. The van der Waals surface area contributed by atoms with Crippen molar-refractivity contribution in [2.75, 3.05) is 0 Å². The molecule has 0 spiro atoms. The van der Waals surface area contributed by atoms with Gasteiger partial charge >= 0.3 is 11.9 Å². The van der Waals surface area contributed by atoms with Crippen molar-refractivity contribution in [3.05, 3.63) is 35.4 Å². The molecular formula is C15H20O4. The minimum Gasteiger partial charge on any atom is -0.461 e. The summed E-state index contributed by atoms with van der Waals surface area (Å²) < 4.78 is 10.2. The smallest absolute Gasteiger partial charge is 0.308 e. The fourth-order valence-corrected chi connectivity index (χ4v) is 1.40. The molecule has 0 amide bonds. The molecule has 0 aliphatic carbocycles. The highest BCUT2D eigenvalue weighted by Crippen LogP contribution is 2.09. The first-order valence-corrected chi connectivity index (χ1v) is 6.43. The van der Waals surface area contributed by atoms with E-state index in [2.05, 4.69) is 0 Å². The van der Waals surface area contributed by atoms with Crippen LogP contribution in [0.25, 0.3) is 0 Å². The molecule has 0 heterocycles. The standard InChI is InChI=1S/C15H20O4/c1-4-14(16)18-9-12-6-5-7-13(8-12)10-19-15(17)11(2)3/h5-8,11H,4,9-10H2,1-3H3. The van der Waals surface area contributed by atoms with Gasteiger partial charge in [0, 0.05) is 6.42 Å². The summed E-state index contributed by atoms with van der Waals surface area (Å²) in [5, 5.41) is 0. The van der Waals surface area contributed by atoms with Crippen molar-refractivity contribution in [3.63, 3.8) is 0 Å². The summed E-state index contributed by atoms with van der Waals surface area (Å²) in [5.41, 5.74) is 1.78. The summed E-state index contributed by atoms with van der Waals surface area (Å²) in [4.78, 5) is 22.4. The van der Waals surface area contributed by atoms with Gasteiger partial charge in [-0.2, -0.15) is 0 Å². The lowest BCUT2D eigenvalue weighted by Gasteiger charge is -2.09. The van der Waals surface area contributed by atoms with E-state index in [1.165, 1.54) is 0 Å². The largest absolute Gasteiger partial charge is 0.461 e. The number of hydrogen-bond acceptors (Lipinski definition) is 4. The predicted molar refractivity (Wildman–Crippen MR) is 71.2 cm³/mol. The Balaban J connectivity index is 2.52. The summed E-state index contributed by atoms with van der Waals surface area (Å²) in [7, 11) is 0. The van der Waals surface area contributed by atoms with E-state index in [9.17, 15) is 9.59 Å². The molecule has 1 aromatic rings. The zero-order valence-electron chi connectivity index (χ0n) is 11.6. The summed E-state index contributed by atoms with van der Waals surface area (Å²) in [5.74, 6) is -0.576. The number of carbonyl (C=O) groups is 2. The highest BCUT2D eigenvalue weighted by Gasteiger charge is 2.08. The SMILES string of the molecule is CCC(=O)OCc1cccc(COC(=O)C(C)C)c1. The van der Waals surface area contributed by atoms with Gasteiger partial charge in [-0.25, -0.2) is 0 Å². The first-order chi connectivity index (χ1) is 9.02. The molecule has 0 unspecified atom stereocenters. The number of esters is 2. The molecule has 0 aliphatic heterocycles. The number of rotatable bonds is 6. The Morgan fingerprint density at radius 1 is 1.11 bits per heavy atom. The average molecular weight is 264 g/mol. The van der Waals surface area contributed by atoms with Gasteiger partial charge in [0.05, 0.1) is 5.92 Å². The Morgan fingerprint density at radius 2 is 1.68 bits per heavy atom. The third kappa shape index (κ3) is 5.55. The second-order valence-electron chi connectivity index (χ2n) is 4.60. The second-order valence-corrected chi connectivity index (χ2v) is 4.60. The van der Waals surface area contributed by atoms with Crippen LogP contribution in [0.2, 0.25) is 0 Å². The van der Waals surface area contributed by atoms with Crippen LogP contribution < -0.4 is 0 Å². The Kier molecular flexibility index (Phi) is 6.06. The lowest BCUT2D eigenvalue weighted by atomic mass is 10.1. The van der Waals surface area contributed by atoms with Crippen molar-refractivity contribution in [2.45, 2.75) is 40.4 Å². The van der Waals surface area contributed by atoms with Gasteiger partial charge in [0.15, 0.2) is 0 Å². The van der Waals surface area contributed by atoms with E-state index in [-0.39, 0.29) is 31.1 Å². The molecule has 1 aromatic carbocycles. The van der Waals surface area contributed by atoms with E-state index < -0.39 is 0 Å². The average Bonchev–Trinajstić information content (AvgIpc) is 2.42. The van der Waals surface area contributed by atoms with Crippen molar-refractivity contribution < 1.29 is 19.1 Å². The van der Waals surface area contributed by atoms with E-state index in [0.717, 1.165) is 11.1 Å². The van der Waals surface area contributed by atoms with Crippen LogP contribution in [-0.4, -0.2) is 11.9 Å². The molecule has 0 saturated heterocycles. The van der Waals surface area contributed by atoms with Crippen LogP contribution in [-0.2, 0) is 32.3 Å². The normalized spacial score (nSPS) is 10.3. The molecule has 0 atom stereocenters. The monoisotopic (exact) mass is 264 g/mol. The van der Waals surface area contributed by atoms with Gasteiger partial charge in [-0.1, -0.05) is 39.0 Å². The second kappa shape index (κ2) is 7.56. The maximum absolute atomic E-state index is 11.4. The van der Waals surface area contributed by atoms with Crippen LogP contribution in [0.3, 0.4) is 0 Å². The van der Waals surface area contributed by atoms with Crippen LogP contribution in [0.4, 0.5) is 0 Å². The highest BCUT2D eigenvalue weighted by atomic mass is 16.5. The topological polar surface area (TPSA) is 52.6 Å². The number of hydrogen-bond donors (Lipinski definition) is 0.